The predicted molar refractivity (Wildman–Crippen MR) is 107 cm³/mol. The summed E-state index contributed by atoms with van der Waals surface area (Å²) in [4.78, 5) is 20.4. The average molecular weight is 434 g/mol. The van der Waals surface area contributed by atoms with E-state index >= 15 is 0 Å². The molecule has 3 rings (SSSR count). The minimum Gasteiger partial charge on any atom is -0.294 e. The molecule has 29 heavy (non-hydrogen) atoms. The van der Waals surface area contributed by atoms with Gasteiger partial charge in [-0.15, -0.1) is 0 Å². The summed E-state index contributed by atoms with van der Waals surface area (Å²) in [5.74, 6) is -0.771. The Balaban J connectivity index is 1.58. The van der Waals surface area contributed by atoms with Crippen LogP contribution in [0.15, 0.2) is 65.8 Å². The van der Waals surface area contributed by atoms with Crippen LogP contribution in [0.25, 0.3) is 0 Å². The summed E-state index contributed by atoms with van der Waals surface area (Å²) in [7, 11) is -3.88. The molecule has 9 heteroatoms. The highest BCUT2D eigenvalue weighted by atomic mass is 35.5. The van der Waals surface area contributed by atoms with Gasteiger partial charge >= 0.3 is 0 Å². The van der Waals surface area contributed by atoms with Crippen molar-refractivity contribution in [2.75, 3.05) is 0 Å². The summed E-state index contributed by atoms with van der Waals surface area (Å²) in [5, 5.41) is -0.278. The van der Waals surface area contributed by atoms with Crippen LogP contribution in [0.5, 0.6) is 0 Å². The molecule has 0 aliphatic heterocycles. The van der Waals surface area contributed by atoms with E-state index in [4.69, 9.17) is 11.6 Å². The van der Waals surface area contributed by atoms with E-state index in [2.05, 4.69) is 14.7 Å². The van der Waals surface area contributed by atoms with Gasteiger partial charge in [-0.1, -0.05) is 17.7 Å². The fourth-order valence-electron chi connectivity index (χ4n) is 2.52. The molecule has 0 saturated carbocycles. The number of nitrogens with zero attached hydrogens (tertiary/aromatic N) is 2. The van der Waals surface area contributed by atoms with Crippen molar-refractivity contribution in [2.24, 2.45) is 0 Å². The van der Waals surface area contributed by atoms with Crippen molar-refractivity contribution in [2.45, 2.75) is 24.3 Å². The van der Waals surface area contributed by atoms with E-state index in [-0.39, 0.29) is 22.2 Å². The Bertz CT molecular complexity index is 1110. The number of halogens is 2. The SMILES string of the molecule is O=C(CCc1ccccn1)c1ccc(CNS(=O)(=O)c2ccc(F)c(Cl)c2)nc1. The highest BCUT2D eigenvalue weighted by molar-refractivity contribution is 7.89. The van der Waals surface area contributed by atoms with Gasteiger partial charge in [0.05, 0.1) is 22.2 Å². The summed E-state index contributed by atoms with van der Waals surface area (Å²) < 4.78 is 40.1. The van der Waals surface area contributed by atoms with E-state index in [0.717, 1.165) is 23.9 Å². The monoisotopic (exact) mass is 433 g/mol. The molecular formula is C20H17ClFN3O3S. The molecule has 0 bridgehead atoms. The van der Waals surface area contributed by atoms with E-state index in [9.17, 15) is 17.6 Å². The quantitative estimate of drug-likeness (QED) is 0.548. The normalized spacial score (nSPS) is 11.4. The maximum absolute atomic E-state index is 13.2. The molecule has 0 saturated heterocycles. The van der Waals surface area contributed by atoms with Gasteiger partial charge < -0.3 is 0 Å². The number of hydrogen-bond donors (Lipinski definition) is 1. The van der Waals surface area contributed by atoms with Crippen LogP contribution in [0.3, 0.4) is 0 Å². The summed E-state index contributed by atoms with van der Waals surface area (Å²) in [6.07, 6.45) is 3.92. The van der Waals surface area contributed by atoms with Gasteiger partial charge in [-0.2, -0.15) is 0 Å². The first-order valence-corrected chi connectivity index (χ1v) is 10.5. The lowest BCUT2D eigenvalue weighted by Gasteiger charge is -2.08. The number of pyridine rings is 2. The Morgan fingerprint density at radius 1 is 1.07 bits per heavy atom. The van der Waals surface area contributed by atoms with Crippen LogP contribution in [0.2, 0.25) is 5.02 Å². The molecule has 1 aromatic carbocycles. The van der Waals surface area contributed by atoms with E-state index in [1.54, 1.807) is 18.3 Å². The smallest absolute Gasteiger partial charge is 0.240 e. The van der Waals surface area contributed by atoms with Crippen molar-refractivity contribution in [1.29, 1.82) is 0 Å². The number of carbonyl (C=O) groups is 1. The predicted octanol–water partition coefficient (Wildman–Crippen LogP) is 3.56. The molecule has 3 aromatic rings. The van der Waals surface area contributed by atoms with Crippen molar-refractivity contribution in [3.05, 3.63) is 88.7 Å². The third-order valence-electron chi connectivity index (χ3n) is 4.13. The molecule has 150 valence electrons. The van der Waals surface area contributed by atoms with Crippen LogP contribution in [0.1, 0.15) is 28.2 Å². The Morgan fingerprint density at radius 2 is 1.90 bits per heavy atom. The molecular weight excluding hydrogens is 417 g/mol. The van der Waals surface area contributed by atoms with Gasteiger partial charge in [0.2, 0.25) is 10.0 Å². The van der Waals surface area contributed by atoms with Gasteiger partial charge in [-0.3, -0.25) is 14.8 Å². The average Bonchev–Trinajstić information content (AvgIpc) is 2.73. The number of carbonyl (C=O) groups excluding carboxylic acids is 1. The number of hydrogen-bond acceptors (Lipinski definition) is 5. The standard InChI is InChI=1S/C20H17ClFN3O3S/c21-18-11-17(7-8-19(18)22)29(27,28)25-13-16-5-4-14(12-24-16)20(26)9-6-15-3-1-2-10-23-15/h1-5,7-8,10-12,25H,6,9,13H2. The Morgan fingerprint density at radius 3 is 2.55 bits per heavy atom. The number of nitrogens with one attached hydrogen (secondary N) is 1. The van der Waals surface area contributed by atoms with E-state index in [1.807, 2.05) is 18.2 Å². The highest BCUT2D eigenvalue weighted by Gasteiger charge is 2.16. The first-order valence-electron chi connectivity index (χ1n) is 8.68. The molecule has 0 fully saturated rings. The summed E-state index contributed by atoms with van der Waals surface area (Å²) >= 11 is 5.63. The molecule has 0 aliphatic carbocycles. The third-order valence-corrected chi connectivity index (χ3v) is 5.81. The first-order chi connectivity index (χ1) is 13.8. The van der Waals surface area contributed by atoms with Crippen LogP contribution >= 0.6 is 11.6 Å². The zero-order valence-corrected chi connectivity index (χ0v) is 16.8. The van der Waals surface area contributed by atoms with Gasteiger partial charge in [-0.05, 0) is 48.9 Å². The van der Waals surface area contributed by atoms with Crippen molar-refractivity contribution < 1.29 is 17.6 Å². The molecule has 0 spiro atoms. The zero-order valence-electron chi connectivity index (χ0n) is 15.2. The fraction of sp³-hybridized carbons (Fsp3) is 0.150. The highest BCUT2D eigenvalue weighted by Crippen LogP contribution is 2.19. The summed E-state index contributed by atoms with van der Waals surface area (Å²) in [5.41, 5.74) is 1.71. The topological polar surface area (TPSA) is 89.0 Å². The molecule has 6 nitrogen and oxygen atoms in total. The Labute approximate surface area is 172 Å². The minimum absolute atomic E-state index is 0.0729. The van der Waals surface area contributed by atoms with Crippen LogP contribution in [-0.4, -0.2) is 24.2 Å². The second-order valence-corrected chi connectivity index (χ2v) is 8.36. The van der Waals surface area contributed by atoms with Crippen LogP contribution < -0.4 is 4.72 Å². The van der Waals surface area contributed by atoms with Gasteiger partial charge in [0.1, 0.15) is 5.82 Å². The van der Waals surface area contributed by atoms with Crippen molar-refractivity contribution >= 4 is 27.4 Å². The largest absolute Gasteiger partial charge is 0.294 e. The van der Waals surface area contributed by atoms with Crippen LogP contribution in [-0.2, 0) is 23.0 Å². The molecule has 2 heterocycles. The molecule has 2 aromatic heterocycles. The zero-order chi connectivity index (χ0) is 20.9. The Hall–Kier alpha value is -2.68. The molecule has 1 N–H and O–H groups in total. The number of Topliss-reactive ketones (excluding diaryl/α,β-unsaturated/α-hetero) is 1. The molecule has 0 unspecified atom stereocenters. The number of benzene rings is 1. The fourth-order valence-corrected chi connectivity index (χ4v) is 3.79. The first kappa shape index (κ1) is 21.0. The Kier molecular flexibility index (Phi) is 6.68. The molecule has 0 aliphatic rings. The molecule has 0 radical (unpaired) electrons. The number of sulfonamides is 1. The maximum Gasteiger partial charge on any atom is 0.240 e. The van der Waals surface area contributed by atoms with Gasteiger partial charge in [-0.25, -0.2) is 17.5 Å². The summed E-state index contributed by atoms with van der Waals surface area (Å²) in [6.45, 7) is -0.0836. The van der Waals surface area contributed by atoms with Gasteiger partial charge in [0.25, 0.3) is 0 Å². The van der Waals surface area contributed by atoms with E-state index < -0.39 is 15.8 Å². The van der Waals surface area contributed by atoms with Gasteiger partial charge in [0.15, 0.2) is 5.78 Å². The van der Waals surface area contributed by atoms with Crippen molar-refractivity contribution in [3.8, 4) is 0 Å². The number of rotatable bonds is 8. The second-order valence-electron chi connectivity index (χ2n) is 6.18. The number of ketones is 1. The lowest BCUT2D eigenvalue weighted by atomic mass is 10.1. The lowest BCUT2D eigenvalue weighted by Crippen LogP contribution is -2.23. The number of aromatic nitrogens is 2. The molecule has 0 atom stereocenters. The van der Waals surface area contributed by atoms with Crippen molar-refractivity contribution in [1.82, 2.24) is 14.7 Å². The van der Waals surface area contributed by atoms with E-state index in [0.29, 0.717) is 24.1 Å². The van der Waals surface area contributed by atoms with Crippen LogP contribution in [0.4, 0.5) is 4.39 Å². The second kappa shape index (κ2) is 9.21. The van der Waals surface area contributed by atoms with Crippen LogP contribution in [0, 0.1) is 5.82 Å². The lowest BCUT2D eigenvalue weighted by molar-refractivity contribution is 0.0982. The maximum atomic E-state index is 13.2. The summed E-state index contributed by atoms with van der Waals surface area (Å²) in [6, 6.07) is 11.9. The third kappa shape index (κ3) is 5.66. The van der Waals surface area contributed by atoms with Crippen molar-refractivity contribution in [3.63, 3.8) is 0 Å². The van der Waals surface area contributed by atoms with E-state index in [1.165, 1.54) is 6.20 Å². The van der Waals surface area contributed by atoms with Gasteiger partial charge in [0, 0.05) is 30.1 Å². The molecule has 0 amide bonds. The number of aryl methyl sites for hydroxylation is 1. The minimum atomic E-state index is -3.88.